The van der Waals surface area contributed by atoms with Crippen molar-refractivity contribution < 1.29 is 4.74 Å². The lowest BCUT2D eigenvalue weighted by Gasteiger charge is -2.16. The van der Waals surface area contributed by atoms with Gasteiger partial charge in [0.25, 0.3) is 0 Å². The molecule has 2 rings (SSSR count). The molecule has 4 heteroatoms. The fraction of sp³-hybridized carbons (Fsp3) is 0.200. The second-order valence-electron chi connectivity index (χ2n) is 4.14. The number of ether oxygens (including phenoxy) is 1. The molecular weight excluding hydrogens is 394 g/mol. The van der Waals surface area contributed by atoms with Crippen LogP contribution >= 0.6 is 45.8 Å². The van der Waals surface area contributed by atoms with Crippen molar-refractivity contribution in [3.8, 4) is 0 Å². The number of benzene rings is 2. The zero-order valence-corrected chi connectivity index (χ0v) is 13.8. The first-order valence-electron chi connectivity index (χ1n) is 5.86. The molecule has 0 heterocycles. The van der Waals surface area contributed by atoms with Crippen LogP contribution in [0.2, 0.25) is 10.0 Å². The van der Waals surface area contributed by atoms with Crippen LogP contribution in [0.3, 0.4) is 0 Å². The Morgan fingerprint density at radius 3 is 2.32 bits per heavy atom. The number of hydrogen-bond donors (Lipinski definition) is 0. The Labute approximate surface area is 137 Å². The number of hydrogen-bond acceptors (Lipinski definition) is 1. The van der Waals surface area contributed by atoms with Crippen molar-refractivity contribution in [1.29, 1.82) is 0 Å². The van der Waals surface area contributed by atoms with Crippen LogP contribution in [0.4, 0.5) is 0 Å². The number of halogens is 3. The highest BCUT2D eigenvalue weighted by molar-refractivity contribution is 14.1. The first-order chi connectivity index (χ1) is 9.19. The Morgan fingerprint density at radius 1 is 1.00 bits per heavy atom. The van der Waals surface area contributed by atoms with Crippen molar-refractivity contribution in [2.45, 2.75) is 12.7 Å². The van der Waals surface area contributed by atoms with Gasteiger partial charge < -0.3 is 4.74 Å². The van der Waals surface area contributed by atoms with Crippen LogP contribution in [-0.4, -0.2) is 4.43 Å². The van der Waals surface area contributed by atoms with E-state index >= 15 is 0 Å². The maximum Gasteiger partial charge on any atom is 0.0919 e. The Bertz CT molecular complexity index is 545. The molecule has 0 aliphatic carbocycles. The molecule has 1 nitrogen and oxygen atoms in total. The molecule has 0 aliphatic heterocycles. The molecule has 1 atom stereocenters. The molecule has 0 saturated carbocycles. The van der Waals surface area contributed by atoms with E-state index in [4.69, 9.17) is 27.9 Å². The standard InChI is InChI=1S/C15H13Cl2IO/c16-13-5-1-3-11(7-13)10-19-15(9-18)12-4-2-6-14(17)8-12/h1-8,15H,9-10H2. The molecule has 0 aliphatic rings. The molecule has 0 spiro atoms. The third-order valence-electron chi connectivity index (χ3n) is 2.70. The molecule has 0 amide bonds. The van der Waals surface area contributed by atoms with Gasteiger partial charge in [-0.15, -0.1) is 0 Å². The second kappa shape index (κ2) is 7.48. The SMILES string of the molecule is Clc1cccc(COC(CI)c2cccc(Cl)c2)c1. The molecule has 0 fully saturated rings. The fourth-order valence-electron chi connectivity index (χ4n) is 1.76. The van der Waals surface area contributed by atoms with Gasteiger partial charge in [0.2, 0.25) is 0 Å². The number of rotatable bonds is 5. The molecular formula is C15H13Cl2IO. The van der Waals surface area contributed by atoms with Crippen molar-refractivity contribution in [3.05, 3.63) is 69.7 Å². The van der Waals surface area contributed by atoms with Crippen molar-refractivity contribution >= 4 is 45.8 Å². The first-order valence-corrected chi connectivity index (χ1v) is 8.14. The highest BCUT2D eigenvalue weighted by Crippen LogP contribution is 2.24. The smallest absolute Gasteiger partial charge is 0.0919 e. The van der Waals surface area contributed by atoms with Gasteiger partial charge in [-0.1, -0.05) is 70.1 Å². The predicted octanol–water partition coefficient (Wildman–Crippen LogP) is 5.69. The Morgan fingerprint density at radius 2 is 1.68 bits per heavy atom. The largest absolute Gasteiger partial charge is 0.368 e. The topological polar surface area (TPSA) is 9.23 Å². The Balaban J connectivity index is 2.04. The summed E-state index contributed by atoms with van der Waals surface area (Å²) in [5.41, 5.74) is 2.17. The molecule has 0 N–H and O–H groups in total. The minimum absolute atomic E-state index is 0.0401. The second-order valence-corrected chi connectivity index (χ2v) is 5.89. The first kappa shape index (κ1) is 15.1. The summed E-state index contributed by atoms with van der Waals surface area (Å²) in [6.07, 6.45) is 0.0401. The Kier molecular flexibility index (Phi) is 5.95. The monoisotopic (exact) mass is 406 g/mol. The zero-order chi connectivity index (χ0) is 13.7. The third-order valence-corrected chi connectivity index (χ3v) is 3.97. The van der Waals surface area contributed by atoms with E-state index in [1.165, 1.54) is 0 Å². The fourth-order valence-corrected chi connectivity index (χ4v) is 2.93. The minimum atomic E-state index is 0.0401. The van der Waals surface area contributed by atoms with Crippen LogP contribution in [0.15, 0.2) is 48.5 Å². The summed E-state index contributed by atoms with van der Waals surface area (Å²) in [7, 11) is 0. The van der Waals surface area contributed by atoms with Gasteiger partial charge in [-0.3, -0.25) is 0 Å². The summed E-state index contributed by atoms with van der Waals surface area (Å²) < 4.78 is 6.82. The van der Waals surface area contributed by atoms with Gasteiger partial charge in [-0.2, -0.15) is 0 Å². The van der Waals surface area contributed by atoms with Crippen LogP contribution in [0.5, 0.6) is 0 Å². The molecule has 0 bridgehead atoms. The van der Waals surface area contributed by atoms with Crippen LogP contribution in [0.1, 0.15) is 17.2 Å². The van der Waals surface area contributed by atoms with E-state index in [-0.39, 0.29) is 6.10 Å². The quantitative estimate of drug-likeness (QED) is 0.458. The Hall–Kier alpha value is -0.290. The zero-order valence-electron chi connectivity index (χ0n) is 10.2. The van der Waals surface area contributed by atoms with E-state index in [9.17, 15) is 0 Å². The van der Waals surface area contributed by atoms with Gasteiger partial charge in [-0.25, -0.2) is 0 Å². The van der Waals surface area contributed by atoms with Gasteiger partial charge in [0, 0.05) is 14.5 Å². The van der Waals surface area contributed by atoms with E-state index in [1.807, 2.05) is 48.5 Å². The lowest BCUT2D eigenvalue weighted by molar-refractivity contribution is 0.0577. The van der Waals surface area contributed by atoms with Crippen molar-refractivity contribution in [2.24, 2.45) is 0 Å². The van der Waals surface area contributed by atoms with E-state index in [0.717, 1.165) is 25.6 Å². The summed E-state index contributed by atoms with van der Waals surface area (Å²) in [6.45, 7) is 0.542. The highest BCUT2D eigenvalue weighted by Gasteiger charge is 2.11. The maximum absolute atomic E-state index is 6.01. The van der Waals surface area contributed by atoms with Crippen LogP contribution in [0, 0.1) is 0 Å². The maximum atomic E-state index is 6.01. The van der Waals surface area contributed by atoms with Crippen molar-refractivity contribution in [1.82, 2.24) is 0 Å². The van der Waals surface area contributed by atoms with E-state index < -0.39 is 0 Å². The average Bonchev–Trinajstić information content (AvgIpc) is 2.40. The van der Waals surface area contributed by atoms with Gasteiger partial charge in [0.15, 0.2) is 0 Å². The van der Waals surface area contributed by atoms with Gasteiger partial charge >= 0.3 is 0 Å². The van der Waals surface area contributed by atoms with E-state index in [1.54, 1.807) is 0 Å². The predicted molar refractivity (Wildman–Crippen MR) is 89.3 cm³/mol. The highest BCUT2D eigenvalue weighted by atomic mass is 127. The lowest BCUT2D eigenvalue weighted by Crippen LogP contribution is -2.06. The van der Waals surface area contributed by atoms with E-state index in [2.05, 4.69) is 22.6 Å². The molecule has 0 saturated heterocycles. The van der Waals surface area contributed by atoms with Crippen molar-refractivity contribution in [2.75, 3.05) is 4.43 Å². The number of alkyl halides is 1. The summed E-state index contributed by atoms with van der Waals surface area (Å²) in [4.78, 5) is 0. The molecule has 0 aromatic heterocycles. The van der Waals surface area contributed by atoms with Gasteiger partial charge in [0.05, 0.1) is 12.7 Å². The molecule has 100 valence electrons. The lowest BCUT2D eigenvalue weighted by atomic mass is 10.1. The van der Waals surface area contributed by atoms with Crippen LogP contribution in [-0.2, 0) is 11.3 Å². The summed E-state index contributed by atoms with van der Waals surface area (Å²) in [5, 5.41) is 1.47. The summed E-state index contributed by atoms with van der Waals surface area (Å²) >= 11 is 14.3. The average molecular weight is 407 g/mol. The minimum Gasteiger partial charge on any atom is -0.368 e. The van der Waals surface area contributed by atoms with Gasteiger partial charge in [-0.05, 0) is 35.4 Å². The van der Waals surface area contributed by atoms with Gasteiger partial charge in [0.1, 0.15) is 0 Å². The van der Waals surface area contributed by atoms with Crippen LogP contribution in [0.25, 0.3) is 0 Å². The summed E-state index contributed by atoms with van der Waals surface area (Å²) in [6, 6.07) is 15.5. The normalized spacial score (nSPS) is 12.4. The molecule has 19 heavy (non-hydrogen) atoms. The van der Waals surface area contributed by atoms with Crippen LogP contribution < -0.4 is 0 Å². The molecule has 0 radical (unpaired) electrons. The summed E-state index contributed by atoms with van der Waals surface area (Å²) in [5.74, 6) is 0. The molecule has 1 unspecified atom stereocenters. The van der Waals surface area contributed by atoms with E-state index in [0.29, 0.717) is 6.61 Å². The van der Waals surface area contributed by atoms with Crippen molar-refractivity contribution in [3.63, 3.8) is 0 Å². The molecule has 2 aromatic carbocycles. The molecule has 2 aromatic rings. The third kappa shape index (κ3) is 4.63.